The Morgan fingerprint density at radius 3 is 1.91 bits per heavy atom. The Bertz CT molecular complexity index is 1880. The summed E-state index contributed by atoms with van der Waals surface area (Å²) in [6.45, 7) is -1.61. The van der Waals surface area contributed by atoms with Gasteiger partial charge in [-0.15, -0.1) is 0 Å². The van der Waals surface area contributed by atoms with Crippen LogP contribution in [-0.4, -0.2) is 109 Å². The molecule has 3 saturated heterocycles. The summed E-state index contributed by atoms with van der Waals surface area (Å²) in [5.74, 6) is 0.0438. The number of hydrogen-bond donors (Lipinski definition) is 6. The second kappa shape index (κ2) is 10.7. The first-order chi connectivity index (χ1) is 20.9. The van der Waals surface area contributed by atoms with E-state index in [0.717, 1.165) is 19.0 Å². The zero-order valence-corrected chi connectivity index (χ0v) is 23.7. The molecular formula is C20H23N9O13P2. The lowest BCUT2D eigenvalue weighted by atomic mass is 10.1. The Kier molecular flexibility index (Phi) is 7.16. The predicted molar refractivity (Wildman–Crippen MR) is 139 cm³/mol. The minimum absolute atomic E-state index is 0.00367. The van der Waals surface area contributed by atoms with E-state index in [2.05, 4.69) is 29.9 Å². The first-order valence-electron chi connectivity index (χ1n) is 12.7. The van der Waals surface area contributed by atoms with Crippen molar-refractivity contribution >= 4 is 43.8 Å². The monoisotopic (exact) mass is 659 g/mol. The van der Waals surface area contributed by atoms with Crippen molar-refractivity contribution in [3.05, 3.63) is 35.7 Å². The van der Waals surface area contributed by atoms with Crippen LogP contribution in [0.4, 0.5) is 5.82 Å². The number of aliphatic hydroxyl groups is 2. The van der Waals surface area contributed by atoms with Gasteiger partial charge in [0.05, 0.1) is 32.2 Å². The maximum absolute atomic E-state index is 13.0. The largest absolute Gasteiger partial charge is 0.472 e. The van der Waals surface area contributed by atoms with Crippen LogP contribution in [0, 0.1) is 0 Å². The molecule has 7 heterocycles. The Balaban J connectivity index is 1.17. The van der Waals surface area contributed by atoms with Gasteiger partial charge in [0.25, 0.3) is 5.56 Å². The number of aromatic nitrogens is 8. The van der Waals surface area contributed by atoms with Gasteiger partial charge in [-0.3, -0.25) is 32.0 Å². The number of phosphoric ester groups is 2. The molecule has 7 rings (SSSR count). The molecule has 6 unspecified atom stereocenters. The van der Waals surface area contributed by atoms with Crippen molar-refractivity contribution in [3.63, 3.8) is 0 Å². The van der Waals surface area contributed by atoms with Crippen LogP contribution in [0.3, 0.4) is 0 Å². The molecule has 44 heavy (non-hydrogen) atoms. The number of ether oxygens (including phenoxy) is 2. The predicted octanol–water partition coefficient (Wildman–Crippen LogP) is -1.92. The van der Waals surface area contributed by atoms with Crippen LogP contribution < -0.4 is 11.3 Å². The summed E-state index contributed by atoms with van der Waals surface area (Å²) in [4.78, 5) is 55.5. The van der Waals surface area contributed by atoms with Crippen LogP contribution >= 0.6 is 15.6 Å². The Hall–Kier alpha value is -3.24. The van der Waals surface area contributed by atoms with Crippen LogP contribution in [0.1, 0.15) is 12.5 Å². The van der Waals surface area contributed by atoms with Gasteiger partial charge < -0.3 is 40.2 Å². The van der Waals surface area contributed by atoms with Crippen molar-refractivity contribution in [1.82, 2.24) is 39.0 Å². The first-order valence-corrected chi connectivity index (χ1v) is 15.7. The van der Waals surface area contributed by atoms with Crippen molar-refractivity contribution in [2.24, 2.45) is 0 Å². The summed E-state index contributed by atoms with van der Waals surface area (Å²) >= 11 is 0. The fourth-order valence-electron chi connectivity index (χ4n) is 5.24. The molecule has 3 aliphatic rings. The number of aromatic amines is 1. The number of hydrogen-bond acceptors (Lipinski definition) is 17. The first kappa shape index (κ1) is 29.5. The lowest BCUT2D eigenvalue weighted by Gasteiger charge is -2.27. The third-order valence-electron chi connectivity index (χ3n) is 7.23. The summed E-state index contributed by atoms with van der Waals surface area (Å²) < 4.78 is 60.9. The van der Waals surface area contributed by atoms with Gasteiger partial charge in [-0.1, -0.05) is 0 Å². The summed E-state index contributed by atoms with van der Waals surface area (Å²) in [7, 11) is -10.1. The zero-order chi connectivity index (χ0) is 31.0. The number of phosphoric acid groups is 2. The number of nitrogen functional groups attached to an aromatic ring is 1. The van der Waals surface area contributed by atoms with E-state index in [9.17, 15) is 33.9 Å². The lowest BCUT2D eigenvalue weighted by Crippen LogP contribution is -2.39. The Morgan fingerprint density at radius 1 is 0.818 bits per heavy atom. The minimum Gasteiger partial charge on any atom is -0.386 e. The third kappa shape index (κ3) is 5.04. The van der Waals surface area contributed by atoms with E-state index >= 15 is 0 Å². The second-order valence-electron chi connectivity index (χ2n) is 9.92. The standard InChI is InChI=1S/C20H23N9O13P2/c21-15-9-16(23-3-22-15)28(5-26-9)19-11(30)13-7(39-19)1-37-44(35,36)42-14-8(2-38-43(33,34)41-13)40-20(12(14)31)29-6-27-10-17(29)24-4-25-18(10)32/h3-8,11-14,19-20,30-31H,1-2H2,(H,33,34)(H,35,36)(H2,21,22,23)(H,24,25,32)/t7?,8?,11-,12-,13-,14-,19?,20?/m1/s1. The number of imidazole rings is 2. The van der Waals surface area contributed by atoms with Crippen molar-refractivity contribution in [1.29, 1.82) is 0 Å². The van der Waals surface area contributed by atoms with Gasteiger partial charge in [0.2, 0.25) is 0 Å². The van der Waals surface area contributed by atoms with Gasteiger partial charge in [0, 0.05) is 0 Å². The average molecular weight is 659 g/mol. The SMILES string of the molecule is Nc1ncnc2c1ncn2C1OC2COP(=O)(O)O[C@@H]3C(COP(=O)(O)O[C@H]2[C@H]1O)OC(n1cnc2c(=O)[nH]cnc21)[C@@H]3O. The van der Waals surface area contributed by atoms with Crippen LogP contribution in [0.15, 0.2) is 30.1 Å². The molecule has 0 aromatic carbocycles. The number of H-pyrrole nitrogens is 1. The van der Waals surface area contributed by atoms with Gasteiger partial charge in [-0.05, 0) is 0 Å². The fourth-order valence-corrected chi connectivity index (χ4v) is 7.17. The molecule has 3 aliphatic heterocycles. The van der Waals surface area contributed by atoms with Crippen molar-refractivity contribution in [2.45, 2.75) is 49.1 Å². The molecule has 4 aromatic rings. The smallest absolute Gasteiger partial charge is 0.386 e. The topological polar surface area (TPSA) is 304 Å². The molecule has 10 atom stereocenters. The summed E-state index contributed by atoms with van der Waals surface area (Å²) in [5, 5.41) is 22.2. The molecule has 0 aliphatic carbocycles. The van der Waals surface area contributed by atoms with Crippen molar-refractivity contribution in [2.75, 3.05) is 18.9 Å². The van der Waals surface area contributed by atoms with Crippen LogP contribution in [0.5, 0.6) is 0 Å². The lowest BCUT2D eigenvalue weighted by molar-refractivity contribution is -0.0664. The maximum atomic E-state index is 13.0. The van der Waals surface area contributed by atoms with E-state index in [-0.39, 0.29) is 28.1 Å². The average Bonchev–Trinajstić information content (AvgIpc) is 3.73. The molecule has 22 nitrogen and oxygen atoms in total. The van der Waals surface area contributed by atoms with Crippen LogP contribution in [0.25, 0.3) is 22.3 Å². The highest BCUT2D eigenvalue weighted by atomic mass is 31.2. The molecule has 0 amide bonds. The Morgan fingerprint density at radius 2 is 1.34 bits per heavy atom. The number of nitrogens with zero attached hydrogens (tertiary/aromatic N) is 7. The summed E-state index contributed by atoms with van der Waals surface area (Å²) in [5.41, 5.74) is 5.50. The number of rotatable bonds is 2. The summed E-state index contributed by atoms with van der Waals surface area (Å²) in [6.07, 6.45) is -7.73. The van der Waals surface area contributed by atoms with E-state index in [4.69, 9.17) is 33.3 Å². The van der Waals surface area contributed by atoms with Crippen molar-refractivity contribution < 1.29 is 56.7 Å². The van der Waals surface area contributed by atoms with Gasteiger partial charge in [0.1, 0.15) is 48.5 Å². The van der Waals surface area contributed by atoms with Gasteiger partial charge in [0.15, 0.2) is 35.1 Å². The highest BCUT2D eigenvalue weighted by Gasteiger charge is 2.54. The molecule has 0 spiro atoms. The molecular weight excluding hydrogens is 636 g/mol. The molecule has 0 radical (unpaired) electrons. The third-order valence-corrected chi connectivity index (χ3v) is 9.20. The van der Waals surface area contributed by atoms with Crippen molar-refractivity contribution in [3.8, 4) is 0 Å². The molecule has 0 saturated carbocycles. The van der Waals surface area contributed by atoms with Gasteiger partial charge >= 0.3 is 15.6 Å². The normalized spacial score (nSPS) is 38.3. The van der Waals surface area contributed by atoms with E-state index in [1.807, 2.05) is 0 Å². The van der Waals surface area contributed by atoms with Crippen LogP contribution in [0.2, 0.25) is 0 Å². The maximum Gasteiger partial charge on any atom is 0.472 e. The van der Waals surface area contributed by atoms with Gasteiger partial charge in [-0.2, -0.15) is 0 Å². The van der Waals surface area contributed by atoms with E-state index in [0.29, 0.717) is 0 Å². The van der Waals surface area contributed by atoms with E-state index < -0.39 is 83.5 Å². The molecule has 3 fully saturated rings. The molecule has 7 N–H and O–H groups in total. The zero-order valence-electron chi connectivity index (χ0n) is 21.9. The highest BCUT2D eigenvalue weighted by molar-refractivity contribution is 7.47. The Labute approximate surface area is 243 Å². The summed E-state index contributed by atoms with van der Waals surface area (Å²) in [6, 6.07) is 0. The number of nitrogens with one attached hydrogen (secondary N) is 1. The highest BCUT2D eigenvalue weighted by Crippen LogP contribution is 2.53. The fraction of sp³-hybridized carbons (Fsp3) is 0.500. The van der Waals surface area contributed by atoms with E-state index in [1.54, 1.807) is 0 Å². The minimum atomic E-state index is -5.03. The molecule has 236 valence electrons. The number of aliphatic hydroxyl groups excluding tert-OH is 2. The van der Waals surface area contributed by atoms with E-state index in [1.165, 1.54) is 15.5 Å². The molecule has 24 heteroatoms. The second-order valence-corrected chi connectivity index (χ2v) is 12.7. The molecule has 0 bridgehead atoms. The van der Waals surface area contributed by atoms with Gasteiger partial charge in [-0.25, -0.2) is 34.0 Å². The molecule has 4 aromatic heterocycles. The number of nitrogens with two attached hydrogens (primary N) is 1. The quantitative estimate of drug-likeness (QED) is 0.128. The number of fused-ring (bicyclic) bond motifs is 4. The van der Waals surface area contributed by atoms with Crippen LogP contribution in [-0.2, 0) is 36.7 Å². The number of anilines is 1.